The summed E-state index contributed by atoms with van der Waals surface area (Å²) in [6, 6.07) is -0.637. The van der Waals surface area contributed by atoms with Crippen LogP contribution in [0.4, 0.5) is 0 Å². The van der Waals surface area contributed by atoms with Gasteiger partial charge in [-0.25, -0.2) is 0 Å². The van der Waals surface area contributed by atoms with Gasteiger partial charge < -0.3 is 20.3 Å². The number of esters is 1. The van der Waals surface area contributed by atoms with Crippen molar-refractivity contribution in [3.63, 3.8) is 0 Å². The molecule has 0 aliphatic carbocycles. The van der Waals surface area contributed by atoms with Gasteiger partial charge in [0.15, 0.2) is 0 Å². The van der Waals surface area contributed by atoms with Crippen LogP contribution >= 0.6 is 0 Å². The third-order valence-electron chi connectivity index (χ3n) is 13.6. The number of rotatable bonds is 54. The molecule has 0 bridgehead atoms. The van der Waals surface area contributed by atoms with E-state index in [0.717, 1.165) is 57.8 Å². The molecule has 2 unspecified atom stereocenters. The molecule has 2 atom stereocenters. The number of hydrogen-bond acceptors (Lipinski definition) is 5. The number of nitrogens with one attached hydrogen (secondary N) is 1. The fourth-order valence-corrected chi connectivity index (χ4v) is 9.11. The van der Waals surface area contributed by atoms with E-state index in [1.807, 2.05) is 6.08 Å². The number of unbranched alkanes of at least 4 members (excludes halogenated alkanes) is 43. The molecule has 0 aliphatic rings. The molecule has 0 rings (SSSR count). The topological polar surface area (TPSA) is 95.9 Å². The summed E-state index contributed by atoms with van der Waals surface area (Å²) in [5.41, 5.74) is 0. The second-order valence-corrected chi connectivity index (χ2v) is 20.0. The number of aliphatic hydroxyl groups is 2. The minimum atomic E-state index is -0.853. The first kappa shape index (κ1) is 62.6. The van der Waals surface area contributed by atoms with Crippen LogP contribution < -0.4 is 5.32 Å². The molecular formula is C58H113NO5. The lowest BCUT2D eigenvalue weighted by Crippen LogP contribution is -2.45. The molecule has 6 heteroatoms. The third kappa shape index (κ3) is 50.0. The number of allylic oxidation sites excluding steroid dienone is 1. The van der Waals surface area contributed by atoms with Gasteiger partial charge in [-0.1, -0.05) is 289 Å². The van der Waals surface area contributed by atoms with Crippen molar-refractivity contribution in [2.45, 2.75) is 334 Å². The second-order valence-electron chi connectivity index (χ2n) is 20.0. The number of carbonyl (C=O) groups is 2. The van der Waals surface area contributed by atoms with Crippen LogP contribution in [-0.2, 0) is 14.3 Å². The maximum atomic E-state index is 12.5. The first-order chi connectivity index (χ1) is 31.5. The lowest BCUT2D eigenvalue weighted by atomic mass is 10.0. The van der Waals surface area contributed by atoms with Gasteiger partial charge in [-0.05, 0) is 32.1 Å². The van der Waals surface area contributed by atoms with Crippen molar-refractivity contribution in [1.82, 2.24) is 5.32 Å². The minimum absolute atomic E-state index is 0.00451. The van der Waals surface area contributed by atoms with Crippen molar-refractivity contribution < 1.29 is 24.5 Å². The summed E-state index contributed by atoms with van der Waals surface area (Å²) in [4.78, 5) is 24.5. The van der Waals surface area contributed by atoms with Gasteiger partial charge in [0, 0.05) is 12.8 Å². The van der Waals surface area contributed by atoms with Crippen molar-refractivity contribution in [2.24, 2.45) is 0 Å². The fourth-order valence-electron chi connectivity index (χ4n) is 9.11. The van der Waals surface area contributed by atoms with Gasteiger partial charge in [0.05, 0.1) is 25.4 Å². The molecule has 0 aromatic heterocycles. The Kier molecular flexibility index (Phi) is 53.0. The van der Waals surface area contributed by atoms with Crippen molar-refractivity contribution in [3.8, 4) is 0 Å². The number of hydrogen-bond donors (Lipinski definition) is 3. The molecule has 6 nitrogen and oxygen atoms in total. The first-order valence-electron chi connectivity index (χ1n) is 29.0. The van der Waals surface area contributed by atoms with Crippen LogP contribution in [0.1, 0.15) is 322 Å². The monoisotopic (exact) mass is 904 g/mol. The fraction of sp³-hybridized carbons (Fsp3) is 0.931. The molecule has 0 saturated carbocycles. The zero-order chi connectivity index (χ0) is 46.5. The van der Waals surface area contributed by atoms with Crippen LogP contribution in [0.2, 0.25) is 0 Å². The van der Waals surface area contributed by atoms with Crippen LogP contribution in [0.25, 0.3) is 0 Å². The normalized spacial score (nSPS) is 12.6. The number of amides is 1. The highest BCUT2D eigenvalue weighted by Crippen LogP contribution is 2.17. The Morgan fingerprint density at radius 2 is 0.719 bits per heavy atom. The Morgan fingerprint density at radius 3 is 1.06 bits per heavy atom. The molecule has 1 amide bonds. The van der Waals surface area contributed by atoms with E-state index in [2.05, 4.69) is 19.2 Å². The largest absolute Gasteiger partial charge is 0.466 e. The summed E-state index contributed by atoms with van der Waals surface area (Å²) in [5, 5.41) is 23.2. The molecule has 0 spiro atoms. The zero-order valence-electron chi connectivity index (χ0n) is 43.3. The summed E-state index contributed by atoms with van der Waals surface area (Å²) in [7, 11) is 0. The molecular weight excluding hydrogens is 791 g/mol. The van der Waals surface area contributed by atoms with E-state index < -0.39 is 12.1 Å². The van der Waals surface area contributed by atoms with Crippen molar-refractivity contribution in [2.75, 3.05) is 13.2 Å². The Morgan fingerprint density at radius 1 is 0.422 bits per heavy atom. The summed E-state index contributed by atoms with van der Waals surface area (Å²) in [6.07, 6.45) is 63.7. The molecule has 0 heterocycles. The smallest absolute Gasteiger partial charge is 0.305 e. The van der Waals surface area contributed by atoms with E-state index in [9.17, 15) is 19.8 Å². The maximum Gasteiger partial charge on any atom is 0.305 e. The Bertz CT molecular complexity index is 955. The molecule has 0 aromatic rings. The van der Waals surface area contributed by atoms with Gasteiger partial charge in [-0.2, -0.15) is 0 Å². The predicted molar refractivity (Wildman–Crippen MR) is 278 cm³/mol. The first-order valence-corrected chi connectivity index (χ1v) is 29.0. The average molecular weight is 905 g/mol. The van der Waals surface area contributed by atoms with Gasteiger partial charge >= 0.3 is 5.97 Å². The van der Waals surface area contributed by atoms with Crippen molar-refractivity contribution in [3.05, 3.63) is 12.2 Å². The lowest BCUT2D eigenvalue weighted by molar-refractivity contribution is -0.143. The molecule has 0 saturated heterocycles. The van der Waals surface area contributed by atoms with Crippen molar-refractivity contribution in [1.29, 1.82) is 0 Å². The molecule has 0 aliphatic heterocycles. The summed E-state index contributed by atoms with van der Waals surface area (Å²) < 4.78 is 5.46. The quantitative estimate of drug-likeness (QED) is 0.0321. The maximum absolute atomic E-state index is 12.5. The second kappa shape index (κ2) is 54.2. The standard InChI is InChI=1S/C58H113NO5/c1-3-5-7-9-11-13-15-17-18-19-20-21-22-23-24-27-30-34-38-42-46-50-56(61)55(54-60)59-57(62)51-47-43-39-35-31-28-25-29-33-37-41-45-49-53-64-58(63)52-48-44-40-36-32-26-16-14-12-10-8-6-4-2/h46,50,55-56,60-61H,3-45,47-49,51-54H2,1-2H3,(H,59,62)/b50-46+. The zero-order valence-corrected chi connectivity index (χ0v) is 43.3. The van der Waals surface area contributed by atoms with Gasteiger partial charge in [0.2, 0.25) is 5.91 Å². The Labute approximate surface area is 399 Å². The van der Waals surface area contributed by atoms with E-state index in [1.165, 1.54) is 238 Å². The van der Waals surface area contributed by atoms with Gasteiger partial charge in [0.1, 0.15) is 0 Å². The van der Waals surface area contributed by atoms with Crippen molar-refractivity contribution >= 4 is 11.9 Å². The SMILES string of the molecule is CCCCCCCCCCCCCCCCCCCCC/C=C/C(O)C(CO)NC(=O)CCCCCCCCCCCCCCCOC(=O)CCCCCCCCCCCCCCC. The molecule has 0 aromatic carbocycles. The number of aliphatic hydroxyl groups excluding tert-OH is 2. The Hall–Kier alpha value is -1.40. The number of carbonyl (C=O) groups excluding carboxylic acids is 2. The van der Waals surface area contributed by atoms with E-state index in [0.29, 0.717) is 19.4 Å². The van der Waals surface area contributed by atoms with Crippen LogP contribution in [0.3, 0.4) is 0 Å². The van der Waals surface area contributed by atoms with Gasteiger partial charge in [-0.3, -0.25) is 9.59 Å². The molecule has 380 valence electrons. The molecule has 0 radical (unpaired) electrons. The molecule has 64 heavy (non-hydrogen) atoms. The van der Waals surface area contributed by atoms with Crippen LogP contribution in [-0.4, -0.2) is 47.4 Å². The van der Waals surface area contributed by atoms with E-state index in [1.54, 1.807) is 6.08 Å². The molecule has 3 N–H and O–H groups in total. The summed E-state index contributed by atoms with van der Waals surface area (Å²) in [5.74, 6) is -0.0818. The highest BCUT2D eigenvalue weighted by molar-refractivity contribution is 5.76. The highest BCUT2D eigenvalue weighted by atomic mass is 16.5. The van der Waals surface area contributed by atoms with E-state index in [-0.39, 0.29) is 18.5 Å². The predicted octanol–water partition coefficient (Wildman–Crippen LogP) is 17.7. The van der Waals surface area contributed by atoms with Crippen LogP contribution in [0, 0.1) is 0 Å². The minimum Gasteiger partial charge on any atom is -0.466 e. The summed E-state index contributed by atoms with van der Waals surface area (Å²) in [6.45, 7) is 4.90. The van der Waals surface area contributed by atoms with Gasteiger partial charge in [0.25, 0.3) is 0 Å². The van der Waals surface area contributed by atoms with E-state index in [4.69, 9.17) is 4.74 Å². The van der Waals surface area contributed by atoms with Gasteiger partial charge in [-0.15, -0.1) is 0 Å². The molecule has 0 fully saturated rings. The van der Waals surface area contributed by atoms with Crippen LogP contribution in [0.5, 0.6) is 0 Å². The lowest BCUT2D eigenvalue weighted by Gasteiger charge is -2.20. The van der Waals surface area contributed by atoms with E-state index >= 15 is 0 Å². The number of ether oxygens (including phenoxy) is 1. The van der Waals surface area contributed by atoms with Crippen LogP contribution in [0.15, 0.2) is 12.2 Å². The average Bonchev–Trinajstić information content (AvgIpc) is 3.29. The summed E-state index contributed by atoms with van der Waals surface area (Å²) >= 11 is 0. The highest BCUT2D eigenvalue weighted by Gasteiger charge is 2.18. The third-order valence-corrected chi connectivity index (χ3v) is 13.6. The Balaban J connectivity index is 3.48.